The summed E-state index contributed by atoms with van der Waals surface area (Å²) >= 11 is 7.75. The lowest BCUT2D eigenvalue weighted by atomic mass is 9.97. The molecule has 1 saturated heterocycles. The van der Waals surface area contributed by atoms with Crippen LogP contribution in [0.4, 0.5) is 10.1 Å². The number of fused-ring (bicyclic) bond motifs is 1. The topological polar surface area (TPSA) is 46.4 Å². The molecule has 0 atom stereocenters. The number of hydrogen-bond donors (Lipinski definition) is 2. The number of halogens is 2. The second-order valence-electron chi connectivity index (χ2n) is 6.89. The van der Waals surface area contributed by atoms with Gasteiger partial charge in [-0.3, -0.25) is 4.79 Å². The number of likely N-dealkylation sites (tertiary alicyclic amines) is 1. The van der Waals surface area contributed by atoms with E-state index < -0.39 is 5.82 Å². The lowest BCUT2D eigenvalue weighted by Crippen LogP contribution is -3.14. The Hall–Kier alpha value is -2.02. The average Bonchev–Trinajstić information content (AvgIpc) is 3.09. The van der Waals surface area contributed by atoms with Gasteiger partial charge >= 0.3 is 0 Å². The molecule has 140 valence electrons. The number of nitrogens with one attached hydrogen (secondary N) is 2. The normalized spacial score (nSPS) is 19.9. The first kappa shape index (κ1) is 18.3. The van der Waals surface area contributed by atoms with Gasteiger partial charge in [-0.15, -0.1) is 11.3 Å². The van der Waals surface area contributed by atoms with Gasteiger partial charge in [0.2, 0.25) is 0 Å². The molecule has 0 aliphatic carbocycles. The number of para-hydroxylation sites is 1. The molecule has 27 heavy (non-hydrogen) atoms. The van der Waals surface area contributed by atoms with Crippen LogP contribution in [0.5, 0.6) is 0 Å². The van der Waals surface area contributed by atoms with E-state index in [9.17, 15) is 9.18 Å². The fraction of sp³-hybridized carbons (Fsp3) is 0.300. The third-order valence-corrected chi connectivity index (χ3v) is 6.48. The standard InChI is InChI=1S/C20H19ClFN3OS/c21-15-11-14(22)5-6-16(15)23-19(26)12-25-9-7-13(8-10-25)20-24-17-3-1-2-4-18(17)27-20/h1-6,11,13H,7-10,12H2,(H,23,26)/p+1. The first-order valence-electron chi connectivity index (χ1n) is 9.02. The SMILES string of the molecule is O=C(C[NH+]1CCC(c2nc3ccccc3s2)CC1)Nc1ccc(F)cc1Cl. The number of carbonyl (C=O) groups is 1. The summed E-state index contributed by atoms with van der Waals surface area (Å²) in [5.74, 6) is -0.0433. The summed E-state index contributed by atoms with van der Waals surface area (Å²) in [4.78, 5) is 18.3. The molecule has 1 aliphatic rings. The van der Waals surface area contributed by atoms with Crippen LogP contribution in [-0.2, 0) is 4.79 Å². The van der Waals surface area contributed by atoms with Gasteiger partial charge in [-0.1, -0.05) is 23.7 Å². The number of carbonyl (C=O) groups excluding carboxylic acids is 1. The molecule has 1 fully saturated rings. The molecule has 2 aromatic carbocycles. The number of nitrogens with zero attached hydrogens (tertiary/aromatic N) is 1. The first-order chi connectivity index (χ1) is 13.1. The molecular formula is C20H20ClFN3OS+. The van der Waals surface area contributed by atoms with E-state index in [0.29, 0.717) is 18.2 Å². The summed E-state index contributed by atoms with van der Waals surface area (Å²) in [5, 5.41) is 4.20. The molecule has 4 rings (SSSR count). The lowest BCUT2D eigenvalue weighted by Gasteiger charge is -2.27. The van der Waals surface area contributed by atoms with Crippen molar-refractivity contribution in [2.45, 2.75) is 18.8 Å². The number of hydrogen-bond acceptors (Lipinski definition) is 3. The minimum absolute atomic E-state index is 0.100. The van der Waals surface area contributed by atoms with Crippen LogP contribution in [0.15, 0.2) is 42.5 Å². The van der Waals surface area contributed by atoms with E-state index in [1.807, 2.05) is 12.1 Å². The molecule has 2 heterocycles. The Bertz CT molecular complexity index is 936. The third-order valence-electron chi connectivity index (χ3n) is 4.97. The number of quaternary nitrogens is 1. The second-order valence-corrected chi connectivity index (χ2v) is 8.36. The molecule has 0 bridgehead atoms. The van der Waals surface area contributed by atoms with E-state index in [-0.39, 0.29) is 10.9 Å². The number of amides is 1. The molecule has 0 spiro atoms. The molecule has 0 unspecified atom stereocenters. The zero-order valence-electron chi connectivity index (χ0n) is 14.7. The van der Waals surface area contributed by atoms with Crippen molar-refractivity contribution < 1.29 is 14.1 Å². The van der Waals surface area contributed by atoms with Crippen LogP contribution < -0.4 is 10.2 Å². The van der Waals surface area contributed by atoms with Gasteiger partial charge in [-0.25, -0.2) is 9.37 Å². The smallest absolute Gasteiger partial charge is 0.279 e. The molecule has 0 saturated carbocycles. The van der Waals surface area contributed by atoms with Crippen molar-refractivity contribution in [2.75, 3.05) is 25.0 Å². The van der Waals surface area contributed by atoms with Crippen LogP contribution in [0, 0.1) is 5.82 Å². The van der Waals surface area contributed by atoms with Gasteiger partial charge in [0.1, 0.15) is 5.82 Å². The largest absolute Gasteiger partial charge is 0.327 e. The minimum atomic E-state index is -0.416. The molecule has 3 aromatic rings. The lowest BCUT2D eigenvalue weighted by molar-refractivity contribution is -0.897. The Morgan fingerprint density at radius 3 is 2.78 bits per heavy atom. The van der Waals surface area contributed by atoms with Gasteiger partial charge in [0, 0.05) is 18.8 Å². The second kappa shape index (κ2) is 7.92. The molecular weight excluding hydrogens is 385 g/mol. The highest BCUT2D eigenvalue weighted by Gasteiger charge is 2.27. The van der Waals surface area contributed by atoms with Crippen LogP contribution in [-0.4, -0.2) is 30.5 Å². The van der Waals surface area contributed by atoms with Crippen LogP contribution in [0.1, 0.15) is 23.8 Å². The average molecular weight is 405 g/mol. The van der Waals surface area contributed by atoms with Crippen molar-refractivity contribution in [3.8, 4) is 0 Å². The Kier molecular flexibility index (Phi) is 5.38. The Balaban J connectivity index is 1.31. The molecule has 1 aromatic heterocycles. The van der Waals surface area contributed by atoms with Gasteiger partial charge in [0.15, 0.2) is 6.54 Å². The summed E-state index contributed by atoms with van der Waals surface area (Å²) in [6, 6.07) is 12.2. The maximum absolute atomic E-state index is 13.1. The third kappa shape index (κ3) is 4.29. The fourth-order valence-electron chi connectivity index (χ4n) is 3.53. The number of rotatable bonds is 4. The van der Waals surface area contributed by atoms with Crippen molar-refractivity contribution in [3.63, 3.8) is 0 Å². The number of anilines is 1. The first-order valence-corrected chi connectivity index (χ1v) is 10.2. The van der Waals surface area contributed by atoms with Gasteiger partial charge in [0.05, 0.1) is 39.0 Å². The highest BCUT2D eigenvalue weighted by molar-refractivity contribution is 7.18. The zero-order valence-corrected chi connectivity index (χ0v) is 16.2. The Morgan fingerprint density at radius 1 is 1.26 bits per heavy atom. The van der Waals surface area contributed by atoms with Gasteiger partial charge in [-0.05, 0) is 30.3 Å². The van der Waals surface area contributed by atoms with E-state index >= 15 is 0 Å². The van der Waals surface area contributed by atoms with Crippen molar-refractivity contribution in [1.82, 2.24) is 4.98 Å². The van der Waals surface area contributed by atoms with E-state index in [2.05, 4.69) is 17.4 Å². The predicted molar refractivity (Wildman–Crippen MR) is 107 cm³/mol. The van der Waals surface area contributed by atoms with Crippen LogP contribution in [0.3, 0.4) is 0 Å². The molecule has 1 aliphatic heterocycles. The van der Waals surface area contributed by atoms with E-state index in [1.54, 1.807) is 11.3 Å². The highest BCUT2D eigenvalue weighted by Crippen LogP contribution is 2.31. The molecule has 4 nitrogen and oxygen atoms in total. The quantitative estimate of drug-likeness (QED) is 0.699. The van der Waals surface area contributed by atoms with E-state index in [1.165, 1.54) is 32.8 Å². The van der Waals surface area contributed by atoms with Gasteiger partial charge < -0.3 is 10.2 Å². The van der Waals surface area contributed by atoms with Crippen molar-refractivity contribution >= 4 is 44.7 Å². The fourth-order valence-corrected chi connectivity index (χ4v) is 4.88. The Labute approximate surface area is 166 Å². The van der Waals surface area contributed by atoms with Crippen molar-refractivity contribution in [1.29, 1.82) is 0 Å². The maximum atomic E-state index is 13.1. The van der Waals surface area contributed by atoms with Crippen molar-refractivity contribution in [3.05, 3.63) is 58.3 Å². The number of piperidine rings is 1. The van der Waals surface area contributed by atoms with Gasteiger partial charge in [0.25, 0.3) is 5.91 Å². The summed E-state index contributed by atoms with van der Waals surface area (Å²) in [6.45, 7) is 2.26. The minimum Gasteiger partial charge on any atom is -0.327 e. The molecule has 1 amide bonds. The summed E-state index contributed by atoms with van der Waals surface area (Å²) in [6.07, 6.45) is 2.06. The monoisotopic (exact) mass is 404 g/mol. The van der Waals surface area contributed by atoms with E-state index in [4.69, 9.17) is 16.6 Å². The van der Waals surface area contributed by atoms with Crippen molar-refractivity contribution in [2.24, 2.45) is 0 Å². The molecule has 7 heteroatoms. The molecule has 2 N–H and O–H groups in total. The summed E-state index contributed by atoms with van der Waals surface area (Å²) in [7, 11) is 0. The Morgan fingerprint density at radius 2 is 2.04 bits per heavy atom. The highest BCUT2D eigenvalue weighted by atomic mass is 35.5. The van der Waals surface area contributed by atoms with Crippen LogP contribution >= 0.6 is 22.9 Å². The van der Waals surface area contributed by atoms with Crippen LogP contribution in [0.25, 0.3) is 10.2 Å². The van der Waals surface area contributed by atoms with Gasteiger partial charge in [-0.2, -0.15) is 0 Å². The summed E-state index contributed by atoms with van der Waals surface area (Å²) in [5.41, 5.74) is 1.52. The molecule has 0 radical (unpaired) electrons. The zero-order chi connectivity index (χ0) is 18.8. The maximum Gasteiger partial charge on any atom is 0.279 e. The predicted octanol–water partition coefficient (Wildman–Crippen LogP) is 3.49. The summed E-state index contributed by atoms with van der Waals surface area (Å²) < 4.78 is 14.3. The number of benzene rings is 2. The van der Waals surface area contributed by atoms with Crippen LogP contribution in [0.2, 0.25) is 5.02 Å². The number of thiazole rings is 1. The number of aromatic nitrogens is 1. The van der Waals surface area contributed by atoms with E-state index in [0.717, 1.165) is 31.4 Å².